The average Bonchev–Trinajstić information content (AvgIpc) is 2.75. The number of hydrogen-bond donors (Lipinski definition) is 2. The van der Waals surface area contributed by atoms with E-state index in [0.29, 0.717) is 27.8 Å². The number of fused-ring (bicyclic) bond motifs is 1. The van der Waals surface area contributed by atoms with Gasteiger partial charge in [0.25, 0.3) is 5.91 Å². The average molecular weight is 421 g/mol. The Balaban J connectivity index is 1.44. The van der Waals surface area contributed by atoms with E-state index in [2.05, 4.69) is 15.6 Å². The summed E-state index contributed by atoms with van der Waals surface area (Å²) in [5, 5.41) is 5.91. The number of nitrogens with zero attached hydrogens (tertiary/aromatic N) is 2. The number of para-hydroxylation sites is 2. The lowest BCUT2D eigenvalue weighted by Crippen LogP contribution is -2.42. The fourth-order valence-electron chi connectivity index (χ4n) is 3.17. The van der Waals surface area contributed by atoms with Crippen LogP contribution in [0.2, 0.25) is 5.15 Å². The van der Waals surface area contributed by atoms with Gasteiger partial charge in [0.15, 0.2) is 0 Å². The maximum Gasteiger partial charge on any atom is 0.258 e. The third-order valence-corrected chi connectivity index (χ3v) is 4.81. The molecule has 2 N–H and O–H groups in total. The zero-order chi connectivity index (χ0) is 21.1. The summed E-state index contributed by atoms with van der Waals surface area (Å²) in [6, 6.07) is 17.1. The predicted molar refractivity (Wildman–Crippen MR) is 115 cm³/mol. The lowest BCUT2D eigenvalue weighted by Gasteiger charge is -2.29. The van der Waals surface area contributed by atoms with Gasteiger partial charge in [-0.15, -0.1) is 0 Å². The first-order chi connectivity index (χ1) is 14.5. The van der Waals surface area contributed by atoms with Crippen molar-refractivity contribution in [2.24, 2.45) is 0 Å². The Morgan fingerprint density at radius 2 is 1.83 bits per heavy atom. The summed E-state index contributed by atoms with van der Waals surface area (Å²) in [6.45, 7) is -0.0521. The van der Waals surface area contributed by atoms with Gasteiger partial charge in [0.1, 0.15) is 11.7 Å². The molecule has 2 aromatic carbocycles. The lowest BCUT2D eigenvalue weighted by atomic mass is 10.1. The number of aromatic nitrogens is 1. The number of carbonyl (C=O) groups is 3. The van der Waals surface area contributed by atoms with Gasteiger partial charge < -0.3 is 10.6 Å². The van der Waals surface area contributed by atoms with Crippen LogP contribution >= 0.6 is 11.6 Å². The summed E-state index contributed by atoms with van der Waals surface area (Å²) in [5.74, 6) is -0.745. The van der Waals surface area contributed by atoms with Crippen molar-refractivity contribution in [2.45, 2.75) is 6.42 Å². The quantitative estimate of drug-likeness (QED) is 0.632. The van der Waals surface area contributed by atoms with E-state index in [1.807, 2.05) is 6.07 Å². The second-order valence-electron chi connectivity index (χ2n) is 6.75. The summed E-state index contributed by atoms with van der Waals surface area (Å²) in [6.07, 6.45) is 1.71. The largest absolute Gasteiger partial charge is 0.326 e. The van der Waals surface area contributed by atoms with Crippen molar-refractivity contribution in [3.8, 4) is 0 Å². The molecule has 30 heavy (non-hydrogen) atoms. The highest BCUT2D eigenvalue weighted by atomic mass is 35.5. The SMILES string of the molecule is O=C(Cc1ccc(Cl)nc1)Nc1ccc(C(=O)N2CC(=O)Nc3ccccc32)cc1. The predicted octanol–water partition coefficient (Wildman–Crippen LogP) is 3.52. The van der Waals surface area contributed by atoms with Gasteiger partial charge in [-0.05, 0) is 48.0 Å². The number of pyridine rings is 1. The standard InChI is InChI=1S/C22H17ClN4O3/c23-19-10-5-14(12-24-19)11-20(28)25-16-8-6-15(7-9-16)22(30)27-13-21(29)26-17-3-1-2-4-18(17)27/h1-10,12H,11,13H2,(H,25,28)(H,26,29). The normalized spacial score (nSPS) is 12.7. The fraction of sp³-hybridized carbons (Fsp3) is 0.0909. The van der Waals surface area contributed by atoms with Gasteiger partial charge in [0, 0.05) is 17.4 Å². The maximum absolute atomic E-state index is 13.0. The molecule has 2 heterocycles. The van der Waals surface area contributed by atoms with Crippen LogP contribution in [0.15, 0.2) is 66.9 Å². The molecule has 0 saturated carbocycles. The number of rotatable bonds is 4. The van der Waals surface area contributed by atoms with Crippen LogP contribution in [-0.4, -0.2) is 29.3 Å². The number of hydrogen-bond acceptors (Lipinski definition) is 4. The summed E-state index contributed by atoms with van der Waals surface area (Å²) in [4.78, 5) is 42.5. The van der Waals surface area contributed by atoms with Gasteiger partial charge in [-0.2, -0.15) is 0 Å². The molecule has 1 aliphatic heterocycles. The highest BCUT2D eigenvalue weighted by Crippen LogP contribution is 2.30. The Kier molecular flexibility index (Phi) is 5.45. The lowest BCUT2D eigenvalue weighted by molar-refractivity contribution is -0.116. The van der Waals surface area contributed by atoms with E-state index in [1.54, 1.807) is 60.8 Å². The molecule has 3 amide bonds. The molecule has 0 aliphatic carbocycles. The molecule has 0 radical (unpaired) electrons. The second-order valence-corrected chi connectivity index (χ2v) is 7.14. The van der Waals surface area contributed by atoms with Gasteiger partial charge in [0.05, 0.1) is 17.8 Å². The monoisotopic (exact) mass is 420 g/mol. The first-order valence-electron chi connectivity index (χ1n) is 9.21. The van der Waals surface area contributed by atoms with E-state index in [9.17, 15) is 14.4 Å². The van der Waals surface area contributed by atoms with Crippen LogP contribution < -0.4 is 15.5 Å². The molecule has 0 unspecified atom stereocenters. The Bertz CT molecular complexity index is 1110. The minimum Gasteiger partial charge on any atom is -0.326 e. The van der Waals surface area contributed by atoms with Crippen molar-refractivity contribution < 1.29 is 14.4 Å². The van der Waals surface area contributed by atoms with Crippen molar-refractivity contribution in [3.05, 3.63) is 83.1 Å². The third-order valence-electron chi connectivity index (χ3n) is 4.58. The van der Waals surface area contributed by atoms with E-state index in [0.717, 1.165) is 5.56 Å². The Hall–Kier alpha value is -3.71. The second kappa shape index (κ2) is 8.34. The molecule has 7 nitrogen and oxygen atoms in total. The van der Waals surface area contributed by atoms with Crippen LogP contribution in [0.1, 0.15) is 15.9 Å². The molecular formula is C22H17ClN4O3. The third kappa shape index (κ3) is 4.31. The molecule has 4 rings (SSSR count). The van der Waals surface area contributed by atoms with Gasteiger partial charge in [0.2, 0.25) is 11.8 Å². The molecule has 1 aliphatic rings. The number of halogens is 1. The topological polar surface area (TPSA) is 91.4 Å². The van der Waals surface area contributed by atoms with Gasteiger partial charge in [-0.25, -0.2) is 4.98 Å². The summed E-state index contributed by atoms with van der Waals surface area (Å²) in [5.41, 5.74) is 2.97. The van der Waals surface area contributed by atoms with E-state index in [-0.39, 0.29) is 30.7 Å². The van der Waals surface area contributed by atoms with Crippen LogP contribution in [0, 0.1) is 0 Å². The Morgan fingerprint density at radius 3 is 2.57 bits per heavy atom. The minimum absolute atomic E-state index is 0.0521. The zero-order valence-corrected chi connectivity index (χ0v) is 16.5. The molecular weight excluding hydrogens is 404 g/mol. The van der Waals surface area contributed by atoms with E-state index in [1.165, 1.54) is 4.90 Å². The summed E-state index contributed by atoms with van der Waals surface area (Å²) >= 11 is 5.75. The Labute approximate surface area is 177 Å². The molecule has 8 heteroatoms. The van der Waals surface area contributed by atoms with E-state index < -0.39 is 0 Å². The fourth-order valence-corrected chi connectivity index (χ4v) is 3.28. The Morgan fingerprint density at radius 1 is 1.07 bits per heavy atom. The van der Waals surface area contributed by atoms with Crippen molar-refractivity contribution >= 4 is 46.4 Å². The molecule has 0 spiro atoms. The van der Waals surface area contributed by atoms with Crippen molar-refractivity contribution in [1.82, 2.24) is 4.98 Å². The number of benzene rings is 2. The van der Waals surface area contributed by atoms with E-state index in [4.69, 9.17) is 11.6 Å². The minimum atomic E-state index is -0.289. The van der Waals surface area contributed by atoms with Crippen molar-refractivity contribution in [3.63, 3.8) is 0 Å². The first kappa shape index (κ1) is 19.6. The van der Waals surface area contributed by atoms with Crippen LogP contribution in [0.5, 0.6) is 0 Å². The van der Waals surface area contributed by atoms with Crippen LogP contribution in [0.25, 0.3) is 0 Å². The molecule has 0 bridgehead atoms. The molecule has 3 aromatic rings. The summed E-state index contributed by atoms with van der Waals surface area (Å²) in [7, 11) is 0. The van der Waals surface area contributed by atoms with Crippen LogP contribution in [0.4, 0.5) is 17.1 Å². The van der Waals surface area contributed by atoms with Crippen LogP contribution in [0.3, 0.4) is 0 Å². The molecule has 0 saturated heterocycles. The highest BCUT2D eigenvalue weighted by molar-refractivity contribution is 6.29. The smallest absolute Gasteiger partial charge is 0.258 e. The highest BCUT2D eigenvalue weighted by Gasteiger charge is 2.27. The molecule has 0 atom stereocenters. The zero-order valence-electron chi connectivity index (χ0n) is 15.8. The van der Waals surface area contributed by atoms with Crippen molar-refractivity contribution in [2.75, 3.05) is 22.1 Å². The van der Waals surface area contributed by atoms with Crippen LogP contribution in [-0.2, 0) is 16.0 Å². The summed E-state index contributed by atoms with van der Waals surface area (Å²) < 4.78 is 0. The maximum atomic E-state index is 13.0. The van der Waals surface area contributed by atoms with Gasteiger partial charge in [-0.1, -0.05) is 29.8 Å². The molecule has 1 aromatic heterocycles. The number of nitrogens with one attached hydrogen (secondary N) is 2. The molecule has 0 fully saturated rings. The van der Waals surface area contributed by atoms with Gasteiger partial charge in [-0.3, -0.25) is 19.3 Å². The number of amides is 3. The molecule has 150 valence electrons. The van der Waals surface area contributed by atoms with Crippen molar-refractivity contribution in [1.29, 1.82) is 0 Å². The van der Waals surface area contributed by atoms with E-state index >= 15 is 0 Å². The first-order valence-corrected chi connectivity index (χ1v) is 9.58. The number of carbonyl (C=O) groups excluding carboxylic acids is 3. The number of anilines is 3. The van der Waals surface area contributed by atoms with Gasteiger partial charge >= 0.3 is 0 Å².